The van der Waals surface area contributed by atoms with Crippen LogP contribution in [0.25, 0.3) is 5.52 Å². The number of aliphatic hydroxyl groups excluding tert-OH is 2. The number of carbonyl (C=O) groups is 1. The van der Waals surface area contributed by atoms with Crippen molar-refractivity contribution in [3.8, 4) is 6.07 Å². The predicted octanol–water partition coefficient (Wildman–Crippen LogP) is -0.0398. The molecule has 0 spiro atoms. The highest BCUT2D eigenvalue weighted by Gasteiger charge is 2.57. The van der Waals surface area contributed by atoms with Crippen molar-refractivity contribution in [3.05, 3.63) is 24.2 Å². The predicted molar refractivity (Wildman–Crippen MR) is 93.7 cm³/mol. The van der Waals surface area contributed by atoms with E-state index in [-0.39, 0.29) is 24.0 Å². The summed E-state index contributed by atoms with van der Waals surface area (Å²) in [6, 6.07) is 4.97. The van der Waals surface area contributed by atoms with Gasteiger partial charge in [0.2, 0.25) is 5.60 Å². The first-order valence-corrected chi connectivity index (χ1v) is 8.63. The number of carbonyl (C=O) groups excluding carboxylic acids is 1. The molecule has 2 aromatic rings. The fourth-order valence-corrected chi connectivity index (χ4v) is 2.98. The Labute approximate surface area is 160 Å². The van der Waals surface area contributed by atoms with Gasteiger partial charge in [0.25, 0.3) is 0 Å². The Balaban J connectivity index is 1.82. The minimum absolute atomic E-state index is 0.131. The van der Waals surface area contributed by atoms with E-state index in [9.17, 15) is 20.3 Å². The Morgan fingerprint density at radius 2 is 2.21 bits per heavy atom. The van der Waals surface area contributed by atoms with Crippen LogP contribution in [0.1, 0.15) is 19.5 Å². The molecular weight excluding hydrogens is 370 g/mol. The van der Waals surface area contributed by atoms with Crippen LogP contribution in [-0.4, -0.2) is 62.5 Å². The van der Waals surface area contributed by atoms with Crippen LogP contribution in [0.4, 0.5) is 10.6 Å². The van der Waals surface area contributed by atoms with Crippen LogP contribution < -0.4 is 5.73 Å². The molecule has 0 aliphatic carbocycles. The topological polar surface area (TPSA) is 165 Å². The number of aromatic nitrogens is 3. The van der Waals surface area contributed by atoms with E-state index in [1.807, 2.05) is 19.9 Å². The third kappa shape index (κ3) is 3.33. The van der Waals surface area contributed by atoms with Crippen molar-refractivity contribution in [1.29, 1.82) is 5.26 Å². The standard InChI is InChI=1S/C17H21N5O6/c1-9(2)5-26-16(25)27-6-11-13(23)14(24)17(7-18,28-11)12-4-3-10-15(19)20-8-21-22(10)12/h3-4,8-9,11,13-14,23-24H,5-6H2,1-2H3,(H2,19,20,21)/t11?,13-,14-,17+/m1/s1. The van der Waals surface area contributed by atoms with E-state index in [0.717, 1.165) is 0 Å². The van der Waals surface area contributed by atoms with Gasteiger partial charge in [-0.05, 0) is 18.1 Å². The van der Waals surface area contributed by atoms with Crippen molar-refractivity contribution in [2.75, 3.05) is 18.9 Å². The summed E-state index contributed by atoms with van der Waals surface area (Å²) >= 11 is 0. The van der Waals surface area contributed by atoms with Gasteiger partial charge in [0.1, 0.15) is 42.8 Å². The highest BCUT2D eigenvalue weighted by atomic mass is 16.7. The number of nitrogens with two attached hydrogens (primary N) is 1. The van der Waals surface area contributed by atoms with Gasteiger partial charge in [-0.2, -0.15) is 10.4 Å². The van der Waals surface area contributed by atoms with E-state index in [1.54, 1.807) is 6.07 Å². The van der Waals surface area contributed by atoms with E-state index in [0.29, 0.717) is 5.52 Å². The molecule has 4 N–H and O–H groups in total. The summed E-state index contributed by atoms with van der Waals surface area (Å²) in [5.74, 6) is 0.307. The second kappa shape index (κ2) is 7.59. The van der Waals surface area contributed by atoms with Gasteiger partial charge >= 0.3 is 6.16 Å². The summed E-state index contributed by atoms with van der Waals surface area (Å²) < 4.78 is 16.8. The number of hydrogen-bond donors (Lipinski definition) is 3. The molecular formula is C17H21N5O6. The molecule has 150 valence electrons. The fourth-order valence-electron chi connectivity index (χ4n) is 2.98. The van der Waals surface area contributed by atoms with Gasteiger partial charge < -0.3 is 30.2 Å². The van der Waals surface area contributed by atoms with Crippen molar-refractivity contribution in [2.24, 2.45) is 5.92 Å². The van der Waals surface area contributed by atoms with Crippen LogP contribution in [0.5, 0.6) is 0 Å². The van der Waals surface area contributed by atoms with Crippen molar-refractivity contribution in [3.63, 3.8) is 0 Å². The average molecular weight is 391 g/mol. The van der Waals surface area contributed by atoms with Crippen LogP contribution >= 0.6 is 0 Å². The first kappa shape index (κ1) is 19.8. The molecule has 3 rings (SSSR count). The minimum Gasteiger partial charge on any atom is -0.434 e. The summed E-state index contributed by atoms with van der Waals surface area (Å²) in [5.41, 5.74) is 4.43. The number of ether oxygens (including phenoxy) is 3. The van der Waals surface area contributed by atoms with Crippen LogP contribution in [0.3, 0.4) is 0 Å². The van der Waals surface area contributed by atoms with Crippen molar-refractivity contribution >= 4 is 17.5 Å². The SMILES string of the molecule is CC(C)COC(=O)OCC1O[C@@](C#N)(c2ccc3c(N)ncnn23)[C@H](O)[C@@H]1O. The van der Waals surface area contributed by atoms with Gasteiger partial charge in [-0.25, -0.2) is 14.3 Å². The molecule has 0 saturated carbocycles. The molecule has 1 unspecified atom stereocenters. The molecule has 0 amide bonds. The number of nitriles is 1. The Bertz CT molecular complexity index is 909. The summed E-state index contributed by atoms with van der Waals surface area (Å²) in [5, 5.41) is 34.7. The van der Waals surface area contributed by atoms with Gasteiger partial charge in [-0.1, -0.05) is 13.8 Å². The first-order chi connectivity index (χ1) is 13.3. The molecule has 3 heterocycles. The lowest BCUT2D eigenvalue weighted by Gasteiger charge is -2.24. The maximum atomic E-state index is 11.6. The summed E-state index contributed by atoms with van der Waals surface area (Å²) in [6.07, 6.45) is -3.98. The number of nitrogen functional groups attached to an aromatic ring is 1. The third-order valence-corrected chi connectivity index (χ3v) is 4.39. The fraction of sp³-hybridized carbons (Fsp3) is 0.529. The molecule has 1 fully saturated rings. The molecule has 11 nitrogen and oxygen atoms in total. The maximum absolute atomic E-state index is 11.6. The van der Waals surface area contributed by atoms with Crippen molar-refractivity contribution < 1.29 is 29.2 Å². The molecule has 1 saturated heterocycles. The van der Waals surface area contributed by atoms with E-state index >= 15 is 0 Å². The van der Waals surface area contributed by atoms with Crippen LogP contribution in [0.2, 0.25) is 0 Å². The molecule has 0 aromatic carbocycles. The number of rotatable bonds is 5. The smallest absolute Gasteiger partial charge is 0.434 e. The molecule has 1 aliphatic rings. The zero-order valence-electron chi connectivity index (χ0n) is 15.3. The number of hydrogen-bond acceptors (Lipinski definition) is 10. The lowest BCUT2D eigenvalue weighted by molar-refractivity contribution is -0.0724. The molecule has 0 radical (unpaired) electrons. The number of fused-ring (bicyclic) bond motifs is 1. The van der Waals surface area contributed by atoms with Gasteiger partial charge in [0.15, 0.2) is 5.82 Å². The lowest BCUT2D eigenvalue weighted by Crippen LogP contribution is -2.41. The van der Waals surface area contributed by atoms with Crippen molar-refractivity contribution in [2.45, 2.75) is 37.8 Å². The Morgan fingerprint density at radius 1 is 1.46 bits per heavy atom. The lowest BCUT2D eigenvalue weighted by atomic mass is 9.92. The number of anilines is 1. The van der Waals surface area contributed by atoms with Gasteiger partial charge in [0, 0.05) is 0 Å². The van der Waals surface area contributed by atoms with Crippen LogP contribution in [0, 0.1) is 17.2 Å². The normalized spacial score (nSPS) is 27.1. The summed E-state index contributed by atoms with van der Waals surface area (Å²) in [6.45, 7) is 3.51. The van der Waals surface area contributed by atoms with Gasteiger partial charge in [-0.15, -0.1) is 0 Å². The third-order valence-electron chi connectivity index (χ3n) is 4.39. The molecule has 28 heavy (non-hydrogen) atoms. The van der Waals surface area contributed by atoms with Crippen LogP contribution in [-0.2, 0) is 19.8 Å². The maximum Gasteiger partial charge on any atom is 0.508 e. The number of nitrogens with zero attached hydrogens (tertiary/aromatic N) is 4. The Hall–Kier alpha value is -2.94. The Morgan fingerprint density at radius 3 is 2.89 bits per heavy atom. The van der Waals surface area contributed by atoms with E-state index in [2.05, 4.69) is 10.1 Å². The molecule has 2 aromatic heterocycles. The van der Waals surface area contributed by atoms with Crippen LogP contribution in [0.15, 0.2) is 18.5 Å². The first-order valence-electron chi connectivity index (χ1n) is 8.63. The molecule has 11 heteroatoms. The quantitative estimate of drug-likeness (QED) is 0.589. The van der Waals surface area contributed by atoms with Gasteiger partial charge in [-0.3, -0.25) is 0 Å². The highest BCUT2D eigenvalue weighted by molar-refractivity contribution is 5.66. The van der Waals surface area contributed by atoms with E-state index in [1.165, 1.54) is 16.9 Å². The minimum atomic E-state index is -1.94. The number of aliphatic hydroxyl groups is 2. The summed E-state index contributed by atoms with van der Waals surface area (Å²) in [4.78, 5) is 15.5. The highest BCUT2D eigenvalue weighted by Crippen LogP contribution is 2.40. The zero-order chi connectivity index (χ0) is 20.5. The zero-order valence-corrected chi connectivity index (χ0v) is 15.3. The molecule has 1 aliphatic heterocycles. The molecule has 4 atom stereocenters. The second-order valence-corrected chi connectivity index (χ2v) is 6.87. The van der Waals surface area contributed by atoms with Crippen molar-refractivity contribution in [1.82, 2.24) is 14.6 Å². The van der Waals surface area contributed by atoms with Gasteiger partial charge in [0.05, 0.1) is 12.3 Å². The van der Waals surface area contributed by atoms with E-state index in [4.69, 9.17) is 19.9 Å². The summed E-state index contributed by atoms with van der Waals surface area (Å²) in [7, 11) is 0. The second-order valence-electron chi connectivity index (χ2n) is 6.87. The largest absolute Gasteiger partial charge is 0.508 e. The molecule has 0 bridgehead atoms. The monoisotopic (exact) mass is 391 g/mol. The average Bonchev–Trinajstić information content (AvgIpc) is 3.21. The van der Waals surface area contributed by atoms with E-state index < -0.39 is 36.7 Å². The Kier molecular flexibility index (Phi) is 5.37.